The molecule has 10 rings (SSSR count). The Hall–Kier alpha value is -6.24. The Morgan fingerprint density at radius 2 is 0.812 bits per heavy atom. The summed E-state index contributed by atoms with van der Waals surface area (Å²) >= 11 is 0. The molecule has 0 heteroatoms. The molecule has 0 fully saturated rings. The van der Waals surface area contributed by atoms with E-state index in [0.717, 1.165) is 0 Å². The van der Waals surface area contributed by atoms with Crippen molar-refractivity contribution in [2.45, 2.75) is 0 Å². The molecule has 0 N–H and O–H groups in total. The van der Waals surface area contributed by atoms with Gasteiger partial charge in [-0.25, -0.2) is 0 Å². The molecule has 10 aromatic carbocycles. The molecule has 0 aliphatic heterocycles. The van der Waals surface area contributed by atoms with Crippen molar-refractivity contribution in [3.05, 3.63) is 182 Å². The van der Waals surface area contributed by atoms with Gasteiger partial charge in [-0.2, -0.15) is 0 Å². The van der Waals surface area contributed by atoms with Gasteiger partial charge in [-0.15, -0.1) is 0 Å². The highest BCUT2D eigenvalue weighted by atomic mass is 14.2. The van der Waals surface area contributed by atoms with Crippen LogP contribution in [0.25, 0.3) is 98.0 Å². The second-order valence-corrected chi connectivity index (χ2v) is 12.8. The Bertz CT molecular complexity index is 2890. The van der Waals surface area contributed by atoms with Gasteiger partial charge in [0.25, 0.3) is 0 Å². The molecule has 48 heavy (non-hydrogen) atoms. The molecule has 0 aliphatic carbocycles. The second kappa shape index (κ2) is 10.7. The van der Waals surface area contributed by atoms with Crippen LogP contribution in [0, 0.1) is 0 Å². The molecule has 0 aromatic heterocycles. The summed E-state index contributed by atoms with van der Waals surface area (Å²) in [5, 5.41) is 15.2. The van der Waals surface area contributed by atoms with Gasteiger partial charge in [0, 0.05) is 0 Å². The predicted octanol–water partition coefficient (Wildman–Crippen LogP) is 13.6. The molecule has 0 saturated heterocycles. The number of fused-ring (bicyclic) bond motifs is 7. The highest BCUT2D eigenvalue weighted by Crippen LogP contribution is 2.47. The van der Waals surface area contributed by atoms with E-state index in [1.54, 1.807) is 0 Å². The standard InChI is InChI=1S/C48H30/c1-2-14-33-28-35(27-26-31(33)12-1)39-22-11-25-44-45(39)30-36-17-10-24-43(41-23-9-16-32-13-3-5-18-37(32)41)47(36)48(44)46-29-34-15-4-6-19-38(34)40-20-7-8-21-42(40)46/h1-30H. The van der Waals surface area contributed by atoms with Gasteiger partial charge >= 0.3 is 0 Å². The first kappa shape index (κ1) is 26.9. The molecule has 0 amide bonds. The lowest BCUT2D eigenvalue weighted by molar-refractivity contribution is 1.67. The zero-order valence-electron chi connectivity index (χ0n) is 26.3. The minimum absolute atomic E-state index is 1.23. The van der Waals surface area contributed by atoms with Crippen molar-refractivity contribution in [1.82, 2.24) is 0 Å². The van der Waals surface area contributed by atoms with Gasteiger partial charge in [0.2, 0.25) is 0 Å². The molecule has 0 nitrogen and oxygen atoms in total. The summed E-state index contributed by atoms with van der Waals surface area (Å²) in [6.07, 6.45) is 0. The Balaban J connectivity index is 1.40. The van der Waals surface area contributed by atoms with Crippen LogP contribution in [-0.2, 0) is 0 Å². The number of hydrogen-bond acceptors (Lipinski definition) is 0. The van der Waals surface area contributed by atoms with E-state index in [4.69, 9.17) is 0 Å². The average Bonchev–Trinajstić information content (AvgIpc) is 3.16. The first-order valence-corrected chi connectivity index (χ1v) is 16.7. The van der Waals surface area contributed by atoms with Crippen LogP contribution < -0.4 is 0 Å². The predicted molar refractivity (Wildman–Crippen MR) is 208 cm³/mol. The summed E-state index contributed by atoms with van der Waals surface area (Å²) in [5.74, 6) is 0. The second-order valence-electron chi connectivity index (χ2n) is 12.8. The molecule has 0 saturated carbocycles. The van der Waals surface area contributed by atoms with Crippen LogP contribution in [0.3, 0.4) is 0 Å². The van der Waals surface area contributed by atoms with E-state index in [9.17, 15) is 0 Å². The van der Waals surface area contributed by atoms with E-state index >= 15 is 0 Å². The van der Waals surface area contributed by atoms with E-state index < -0.39 is 0 Å². The van der Waals surface area contributed by atoms with Gasteiger partial charge in [0.1, 0.15) is 0 Å². The summed E-state index contributed by atoms with van der Waals surface area (Å²) in [6, 6.07) is 67.2. The summed E-state index contributed by atoms with van der Waals surface area (Å²) in [6.45, 7) is 0. The van der Waals surface area contributed by atoms with E-state index in [0.29, 0.717) is 0 Å². The van der Waals surface area contributed by atoms with Crippen LogP contribution in [0.15, 0.2) is 182 Å². The van der Waals surface area contributed by atoms with Gasteiger partial charge in [-0.05, 0) is 116 Å². The van der Waals surface area contributed by atoms with E-state index in [1.165, 1.54) is 98.0 Å². The van der Waals surface area contributed by atoms with E-state index in [1.807, 2.05) is 0 Å². The van der Waals surface area contributed by atoms with Gasteiger partial charge in [-0.3, -0.25) is 0 Å². The maximum atomic E-state index is 2.43. The van der Waals surface area contributed by atoms with Crippen molar-refractivity contribution < 1.29 is 0 Å². The van der Waals surface area contributed by atoms with Crippen LogP contribution in [-0.4, -0.2) is 0 Å². The van der Waals surface area contributed by atoms with Crippen LogP contribution in [0.1, 0.15) is 0 Å². The highest BCUT2D eigenvalue weighted by molar-refractivity contribution is 6.26. The SMILES string of the molecule is c1ccc2cc(-c3cccc4c(-c5cc6ccccc6c6ccccc56)c5c(-c6cccc7ccccc67)cccc5cc34)ccc2c1. The Kier molecular flexibility index (Phi) is 5.98. The molecular formula is C48H30. The minimum atomic E-state index is 1.23. The lowest BCUT2D eigenvalue weighted by Gasteiger charge is -2.20. The van der Waals surface area contributed by atoms with E-state index in [-0.39, 0.29) is 0 Å². The molecule has 0 bridgehead atoms. The van der Waals surface area contributed by atoms with Crippen LogP contribution in [0.4, 0.5) is 0 Å². The molecule has 0 unspecified atom stereocenters. The first-order valence-electron chi connectivity index (χ1n) is 16.7. The van der Waals surface area contributed by atoms with Crippen molar-refractivity contribution in [2.75, 3.05) is 0 Å². The van der Waals surface area contributed by atoms with Crippen LogP contribution >= 0.6 is 0 Å². The highest BCUT2D eigenvalue weighted by Gasteiger charge is 2.20. The monoisotopic (exact) mass is 606 g/mol. The number of rotatable bonds is 3. The largest absolute Gasteiger partial charge is 0.0616 e. The maximum Gasteiger partial charge on any atom is -0.00139 e. The smallest absolute Gasteiger partial charge is 0.00139 e. The molecule has 0 atom stereocenters. The third kappa shape index (κ3) is 4.10. The third-order valence-electron chi connectivity index (χ3n) is 10.2. The summed E-state index contributed by atoms with van der Waals surface area (Å²) in [4.78, 5) is 0. The Labute approximate surface area is 279 Å². The summed E-state index contributed by atoms with van der Waals surface area (Å²) in [7, 11) is 0. The lowest BCUT2D eigenvalue weighted by atomic mass is 9.83. The quantitative estimate of drug-likeness (QED) is 0.139. The lowest BCUT2D eigenvalue weighted by Crippen LogP contribution is -1.93. The minimum Gasteiger partial charge on any atom is -0.0616 e. The third-order valence-corrected chi connectivity index (χ3v) is 10.2. The molecule has 0 radical (unpaired) electrons. The molecule has 0 aliphatic rings. The normalized spacial score (nSPS) is 11.8. The Morgan fingerprint density at radius 3 is 1.67 bits per heavy atom. The van der Waals surface area contributed by atoms with Gasteiger partial charge in [0.05, 0.1) is 0 Å². The first-order chi connectivity index (χ1) is 23.8. The number of benzene rings is 10. The summed E-state index contributed by atoms with van der Waals surface area (Å²) < 4.78 is 0. The van der Waals surface area contributed by atoms with Crippen molar-refractivity contribution in [3.8, 4) is 33.4 Å². The number of hydrogen-bond donors (Lipinski definition) is 0. The van der Waals surface area contributed by atoms with Gasteiger partial charge in [-0.1, -0.05) is 164 Å². The molecule has 0 heterocycles. The molecule has 222 valence electrons. The van der Waals surface area contributed by atoms with Crippen molar-refractivity contribution in [2.24, 2.45) is 0 Å². The van der Waals surface area contributed by atoms with Crippen LogP contribution in [0.5, 0.6) is 0 Å². The fourth-order valence-corrected chi connectivity index (χ4v) is 8.03. The zero-order valence-corrected chi connectivity index (χ0v) is 26.3. The van der Waals surface area contributed by atoms with E-state index in [2.05, 4.69) is 182 Å². The van der Waals surface area contributed by atoms with Gasteiger partial charge in [0.15, 0.2) is 0 Å². The average molecular weight is 607 g/mol. The maximum absolute atomic E-state index is 2.43. The topological polar surface area (TPSA) is 0 Å². The van der Waals surface area contributed by atoms with Crippen molar-refractivity contribution in [1.29, 1.82) is 0 Å². The molecule has 10 aromatic rings. The van der Waals surface area contributed by atoms with Crippen LogP contribution in [0.2, 0.25) is 0 Å². The van der Waals surface area contributed by atoms with Crippen molar-refractivity contribution in [3.63, 3.8) is 0 Å². The Morgan fingerprint density at radius 1 is 0.229 bits per heavy atom. The summed E-state index contributed by atoms with van der Waals surface area (Å²) in [5.41, 5.74) is 7.56. The van der Waals surface area contributed by atoms with Gasteiger partial charge < -0.3 is 0 Å². The molecular weight excluding hydrogens is 577 g/mol. The molecule has 0 spiro atoms. The zero-order chi connectivity index (χ0) is 31.6. The van der Waals surface area contributed by atoms with Crippen molar-refractivity contribution >= 4 is 64.6 Å². The fourth-order valence-electron chi connectivity index (χ4n) is 8.03. The fraction of sp³-hybridized carbons (Fsp3) is 0.